The predicted molar refractivity (Wildman–Crippen MR) is 98.1 cm³/mol. The molecule has 0 bridgehead atoms. The molecule has 0 spiro atoms. The minimum atomic E-state index is -1.10. The minimum Gasteiger partial charge on any atom is -0.479 e. The molecule has 0 aromatic carbocycles. The predicted octanol–water partition coefficient (Wildman–Crippen LogP) is 5.88. The SMILES string of the molecule is CCCCCCCCCCCCCCCCCC(=O)OCC(=O)O. The van der Waals surface area contributed by atoms with Crippen LogP contribution in [0.1, 0.15) is 110 Å². The summed E-state index contributed by atoms with van der Waals surface area (Å²) in [4.78, 5) is 21.4. The average Bonchev–Trinajstić information content (AvgIpc) is 2.56. The summed E-state index contributed by atoms with van der Waals surface area (Å²) in [7, 11) is 0. The van der Waals surface area contributed by atoms with E-state index in [0.717, 1.165) is 19.3 Å². The summed E-state index contributed by atoms with van der Waals surface area (Å²) in [5.74, 6) is -1.49. The van der Waals surface area contributed by atoms with Crippen molar-refractivity contribution in [2.75, 3.05) is 6.61 Å². The van der Waals surface area contributed by atoms with E-state index in [0.29, 0.717) is 6.42 Å². The lowest BCUT2D eigenvalue weighted by molar-refractivity contribution is -0.155. The van der Waals surface area contributed by atoms with Crippen LogP contribution in [0.2, 0.25) is 0 Å². The third-order valence-corrected chi connectivity index (χ3v) is 4.34. The van der Waals surface area contributed by atoms with E-state index in [1.807, 2.05) is 0 Å². The Balaban J connectivity index is 3.10. The Labute approximate surface area is 148 Å². The van der Waals surface area contributed by atoms with E-state index in [2.05, 4.69) is 11.7 Å². The monoisotopic (exact) mass is 342 g/mol. The highest BCUT2D eigenvalue weighted by Gasteiger charge is 2.05. The normalized spacial score (nSPS) is 10.7. The van der Waals surface area contributed by atoms with Crippen molar-refractivity contribution in [2.45, 2.75) is 110 Å². The number of carbonyl (C=O) groups is 2. The first kappa shape index (κ1) is 22.9. The topological polar surface area (TPSA) is 63.6 Å². The van der Waals surface area contributed by atoms with Crippen molar-refractivity contribution in [1.29, 1.82) is 0 Å². The van der Waals surface area contributed by atoms with Gasteiger partial charge in [0.25, 0.3) is 0 Å². The highest BCUT2D eigenvalue weighted by molar-refractivity contribution is 5.75. The number of aliphatic carboxylic acids is 1. The van der Waals surface area contributed by atoms with Crippen molar-refractivity contribution in [3.63, 3.8) is 0 Å². The van der Waals surface area contributed by atoms with Crippen LogP contribution in [-0.2, 0) is 14.3 Å². The van der Waals surface area contributed by atoms with Gasteiger partial charge in [0.15, 0.2) is 6.61 Å². The smallest absolute Gasteiger partial charge is 0.341 e. The number of rotatable bonds is 18. The molecule has 0 aromatic heterocycles. The van der Waals surface area contributed by atoms with Crippen LogP contribution < -0.4 is 0 Å². The molecule has 142 valence electrons. The Kier molecular flexibility index (Phi) is 17.5. The fourth-order valence-corrected chi connectivity index (χ4v) is 2.86. The van der Waals surface area contributed by atoms with Gasteiger partial charge in [-0.15, -0.1) is 0 Å². The average molecular weight is 343 g/mol. The molecule has 0 aliphatic rings. The Bertz CT molecular complexity index is 302. The third-order valence-electron chi connectivity index (χ3n) is 4.34. The van der Waals surface area contributed by atoms with Gasteiger partial charge in [0.05, 0.1) is 0 Å². The van der Waals surface area contributed by atoms with Crippen molar-refractivity contribution in [2.24, 2.45) is 0 Å². The molecule has 0 saturated carbocycles. The molecule has 0 rings (SSSR count). The first-order chi connectivity index (χ1) is 11.7. The van der Waals surface area contributed by atoms with Crippen LogP contribution in [0.4, 0.5) is 0 Å². The largest absolute Gasteiger partial charge is 0.479 e. The molecule has 0 amide bonds. The third kappa shape index (κ3) is 19.0. The van der Waals surface area contributed by atoms with Gasteiger partial charge in [-0.2, -0.15) is 0 Å². The van der Waals surface area contributed by atoms with Crippen LogP contribution in [0.15, 0.2) is 0 Å². The van der Waals surface area contributed by atoms with Crippen molar-refractivity contribution >= 4 is 11.9 Å². The summed E-state index contributed by atoms with van der Waals surface area (Å²) in [5, 5.41) is 8.39. The molecule has 4 heteroatoms. The molecule has 0 aliphatic heterocycles. The highest BCUT2D eigenvalue weighted by atomic mass is 16.5. The highest BCUT2D eigenvalue weighted by Crippen LogP contribution is 2.13. The van der Waals surface area contributed by atoms with E-state index in [1.54, 1.807) is 0 Å². The molecule has 0 fully saturated rings. The number of carboxylic acid groups (broad SMARTS) is 1. The molecule has 4 nitrogen and oxygen atoms in total. The Morgan fingerprint density at radius 2 is 1.04 bits per heavy atom. The van der Waals surface area contributed by atoms with E-state index in [-0.39, 0.29) is 0 Å². The van der Waals surface area contributed by atoms with Gasteiger partial charge >= 0.3 is 11.9 Å². The first-order valence-electron chi connectivity index (χ1n) is 10.0. The van der Waals surface area contributed by atoms with Crippen LogP contribution in [0.25, 0.3) is 0 Å². The zero-order chi connectivity index (χ0) is 17.9. The van der Waals surface area contributed by atoms with Gasteiger partial charge < -0.3 is 9.84 Å². The van der Waals surface area contributed by atoms with Gasteiger partial charge in [0.1, 0.15) is 0 Å². The molecule has 0 atom stereocenters. The summed E-state index contributed by atoms with van der Waals surface area (Å²) in [6.45, 7) is 1.74. The summed E-state index contributed by atoms with van der Waals surface area (Å²) >= 11 is 0. The molecule has 0 unspecified atom stereocenters. The van der Waals surface area contributed by atoms with Gasteiger partial charge in [0.2, 0.25) is 0 Å². The quantitative estimate of drug-likeness (QED) is 0.250. The minimum absolute atomic E-state index is 0.339. The standard InChI is InChI=1S/C20H38O4/c1-2-3-4-5-6-7-8-9-10-11-12-13-14-15-16-17-20(23)24-18-19(21)22/h2-18H2,1H3,(H,21,22). The Morgan fingerprint density at radius 1 is 0.667 bits per heavy atom. The lowest BCUT2D eigenvalue weighted by Crippen LogP contribution is -2.12. The number of esters is 1. The molecule has 24 heavy (non-hydrogen) atoms. The molecule has 0 radical (unpaired) electrons. The number of hydrogen-bond donors (Lipinski definition) is 1. The van der Waals surface area contributed by atoms with E-state index < -0.39 is 18.5 Å². The maximum Gasteiger partial charge on any atom is 0.341 e. The fraction of sp³-hybridized carbons (Fsp3) is 0.900. The molecular weight excluding hydrogens is 304 g/mol. The van der Waals surface area contributed by atoms with Gasteiger partial charge in [-0.05, 0) is 6.42 Å². The summed E-state index contributed by atoms with van der Waals surface area (Å²) in [6, 6.07) is 0. The van der Waals surface area contributed by atoms with E-state index in [9.17, 15) is 9.59 Å². The second kappa shape index (κ2) is 18.3. The number of unbranched alkanes of at least 4 members (excludes halogenated alkanes) is 14. The van der Waals surface area contributed by atoms with Crippen LogP contribution in [0, 0.1) is 0 Å². The van der Waals surface area contributed by atoms with E-state index >= 15 is 0 Å². The molecule has 0 heterocycles. The maximum absolute atomic E-state index is 11.2. The van der Waals surface area contributed by atoms with Gasteiger partial charge in [0, 0.05) is 6.42 Å². The number of carboxylic acids is 1. The summed E-state index contributed by atoms with van der Waals surface area (Å²) in [5.41, 5.74) is 0. The fourth-order valence-electron chi connectivity index (χ4n) is 2.86. The zero-order valence-corrected chi connectivity index (χ0v) is 15.7. The number of hydrogen-bond acceptors (Lipinski definition) is 3. The zero-order valence-electron chi connectivity index (χ0n) is 15.7. The molecule has 0 aliphatic carbocycles. The number of carbonyl (C=O) groups excluding carboxylic acids is 1. The van der Waals surface area contributed by atoms with Crippen LogP contribution >= 0.6 is 0 Å². The van der Waals surface area contributed by atoms with E-state index in [4.69, 9.17) is 5.11 Å². The van der Waals surface area contributed by atoms with Gasteiger partial charge in [-0.1, -0.05) is 96.8 Å². The van der Waals surface area contributed by atoms with Crippen molar-refractivity contribution in [1.82, 2.24) is 0 Å². The van der Waals surface area contributed by atoms with Crippen molar-refractivity contribution in [3.8, 4) is 0 Å². The first-order valence-corrected chi connectivity index (χ1v) is 10.0. The molecule has 0 aromatic rings. The summed E-state index contributed by atoms with van der Waals surface area (Å²) < 4.78 is 4.58. The second-order valence-electron chi connectivity index (χ2n) is 6.75. The Hall–Kier alpha value is -1.06. The van der Waals surface area contributed by atoms with Crippen LogP contribution in [0.5, 0.6) is 0 Å². The molecular formula is C20H38O4. The van der Waals surface area contributed by atoms with Gasteiger partial charge in [-0.25, -0.2) is 4.79 Å². The lowest BCUT2D eigenvalue weighted by atomic mass is 10.0. The van der Waals surface area contributed by atoms with Crippen LogP contribution in [-0.4, -0.2) is 23.7 Å². The molecule has 0 saturated heterocycles. The Morgan fingerprint density at radius 3 is 1.42 bits per heavy atom. The molecule has 1 N–H and O–H groups in total. The number of ether oxygens (including phenoxy) is 1. The van der Waals surface area contributed by atoms with Crippen LogP contribution in [0.3, 0.4) is 0 Å². The van der Waals surface area contributed by atoms with Crippen molar-refractivity contribution < 1.29 is 19.4 Å². The maximum atomic E-state index is 11.2. The lowest BCUT2D eigenvalue weighted by Gasteiger charge is -2.04. The second-order valence-corrected chi connectivity index (χ2v) is 6.75. The van der Waals surface area contributed by atoms with E-state index in [1.165, 1.54) is 77.0 Å². The van der Waals surface area contributed by atoms with Crippen molar-refractivity contribution in [3.05, 3.63) is 0 Å². The van der Waals surface area contributed by atoms with Gasteiger partial charge in [-0.3, -0.25) is 4.79 Å². The summed E-state index contributed by atoms with van der Waals surface area (Å²) in [6.07, 6.45) is 19.7.